The number of benzene rings is 2. The molecule has 0 aliphatic carbocycles. The number of piperazine rings is 1. The Morgan fingerprint density at radius 2 is 1.56 bits per heavy atom. The van der Waals surface area contributed by atoms with Crippen molar-refractivity contribution in [3.05, 3.63) is 71.5 Å². The molecule has 32 heavy (non-hydrogen) atoms. The lowest BCUT2D eigenvalue weighted by Crippen LogP contribution is -2.50. The van der Waals surface area contributed by atoms with Crippen LogP contribution in [-0.2, 0) is 4.79 Å². The summed E-state index contributed by atoms with van der Waals surface area (Å²) < 4.78 is 13.4. The number of aliphatic hydroxyl groups excluding tert-OH is 1. The van der Waals surface area contributed by atoms with Crippen molar-refractivity contribution in [2.75, 3.05) is 39.3 Å². The van der Waals surface area contributed by atoms with E-state index in [0.717, 1.165) is 43.7 Å². The van der Waals surface area contributed by atoms with Crippen LogP contribution >= 0.6 is 0 Å². The number of nitrogens with zero attached hydrogens (tertiary/aromatic N) is 2. The van der Waals surface area contributed by atoms with Crippen LogP contribution < -0.4 is 5.32 Å². The number of hydrogen-bond donors (Lipinski definition) is 2. The van der Waals surface area contributed by atoms with Crippen LogP contribution in [0.25, 0.3) is 0 Å². The molecule has 3 rings (SSSR count). The summed E-state index contributed by atoms with van der Waals surface area (Å²) in [6.07, 6.45) is 0.273. The molecule has 2 aromatic carbocycles. The molecule has 1 aliphatic rings. The Morgan fingerprint density at radius 1 is 0.969 bits per heavy atom. The molecule has 6 heteroatoms. The predicted octanol–water partition coefficient (Wildman–Crippen LogP) is 3.77. The quantitative estimate of drug-likeness (QED) is 0.655. The molecule has 1 aliphatic heterocycles. The molecule has 174 valence electrons. The maximum atomic E-state index is 13.4. The van der Waals surface area contributed by atoms with E-state index in [0.29, 0.717) is 13.1 Å². The Morgan fingerprint density at radius 3 is 2.16 bits per heavy atom. The van der Waals surface area contributed by atoms with E-state index in [1.165, 1.54) is 12.1 Å². The lowest BCUT2D eigenvalue weighted by molar-refractivity contribution is -0.123. The van der Waals surface area contributed by atoms with Gasteiger partial charge in [0.25, 0.3) is 0 Å². The molecule has 2 aromatic rings. The van der Waals surface area contributed by atoms with E-state index in [2.05, 4.69) is 35.9 Å². The Bertz CT molecular complexity index is 844. The second-order valence-electron chi connectivity index (χ2n) is 9.94. The predicted molar refractivity (Wildman–Crippen MR) is 126 cm³/mol. The van der Waals surface area contributed by atoms with Crippen molar-refractivity contribution in [2.24, 2.45) is 5.41 Å². The van der Waals surface area contributed by atoms with Crippen LogP contribution in [0.4, 0.5) is 4.39 Å². The van der Waals surface area contributed by atoms with Gasteiger partial charge in [-0.25, -0.2) is 4.39 Å². The summed E-state index contributed by atoms with van der Waals surface area (Å²) in [5.74, 6) is -0.286. The summed E-state index contributed by atoms with van der Waals surface area (Å²) in [6.45, 7) is 10.6. The van der Waals surface area contributed by atoms with Crippen LogP contribution in [0.15, 0.2) is 54.6 Å². The van der Waals surface area contributed by atoms with Crippen LogP contribution in [-0.4, -0.2) is 60.1 Å². The summed E-state index contributed by atoms with van der Waals surface area (Å²) in [4.78, 5) is 17.2. The van der Waals surface area contributed by atoms with Gasteiger partial charge in [0.2, 0.25) is 5.91 Å². The molecule has 0 aromatic heterocycles. The van der Waals surface area contributed by atoms with Gasteiger partial charge in [0, 0.05) is 32.7 Å². The van der Waals surface area contributed by atoms with Crippen LogP contribution in [0.2, 0.25) is 0 Å². The molecule has 2 unspecified atom stereocenters. The van der Waals surface area contributed by atoms with Gasteiger partial charge in [0.15, 0.2) is 0 Å². The van der Waals surface area contributed by atoms with Crippen molar-refractivity contribution < 1.29 is 14.3 Å². The van der Waals surface area contributed by atoms with Crippen LogP contribution in [0.5, 0.6) is 0 Å². The van der Waals surface area contributed by atoms with Gasteiger partial charge in [0.05, 0.1) is 18.7 Å². The summed E-state index contributed by atoms with van der Waals surface area (Å²) in [6, 6.07) is 16.0. The number of carbonyl (C=O) groups excluding carboxylic acids is 1. The summed E-state index contributed by atoms with van der Waals surface area (Å²) in [7, 11) is 0. The lowest BCUT2D eigenvalue weighted by atomic mass is 9.85. The smallest absolute Gasteiger partial charge is 0.234 e. The van der Waals surface area contributed by atoms with E-state index in [-0.39, 0.29) is 23.2 Å². The molecular weight excluding hydrogens is 405 g/mol. The molecular formula is C26H36FN3O2. The third kappa shape index (κ3) is 7.69. The minimum absolute atomic E-state index is 0.0126. The first-order valence-electron chi connectivity index (χ1n) is 11.4. The Kier molecular flexibility index (Phi) is 8.40. The average Bonchev–Trinajstić information content (AvgIpc) is 2.75. The minimum Gasteiger partial charge on any atom is -0.387 e. The molecule has 0 spiro atoms. The first-order chi connectivity index (χ1) is 15.2. The number of aliphatic hydroxyl groups is 1. The fourth-order valence-electron chi connectivity index (χ4n) is 4.16. The number of rotatable bonds is 8. The standard InChI is InChI=1S/C26H36FN3O2/c1-26(2,3)17-23(20-9-11-22(27)12-10-20)28-25(32)19-30-15-13-29(14-16-30)18-24(31)21-7-5-4-6-8-21/h4-12,23-24,31H,13-19H2,1-3H3,(H,28,32). The average molecular weight is 442 g/mol. The highest BCUT2D eigenvalue weighted by atomic mass is 19.1. The van der Waals surface area contributed by atoms with Crippen LogP contribution in [0.1, 0.15) is 50.5 Å². The molecule has 1 fully saturated rings. The lowest BCUT2D eigenvalue weighted by Gasteiger charge is -2.35. The molecule has 0 saturated carbocycles. The molecule has 2 N–H and O–H groups in total. The van der Waals surface area contributed by atoms with E-state index < -0.39 is 6.10 Å². The number of halogens is 1. The van der Waals surface area contributed by atoms with E-state index in [1.54, 1.807) is 12.1 Å². The largest absolute Gasteiger partial charge is 0.387 e. The van der Waals surface area contributed by atoms with E-state index >= 15 is 0 Å². The number of β-amino-alcohol motifs (C(OH)–C–C–N with tert-alkyl or cyclic N) is 1. The molecule has 1 amide bonds. The summed E-state index contributed by atoms with van der Waals surface area (Å²) >= 11 is 0. The Balaban J connectivity index is 1.49. The van der Waals surface area contributed by atoms with Crippen LogP contribution in [0.3, 0.4) is 0 Å². The van der Waals surface area contributed by atoms with Crippen molar-refractivity contribution in [2.45, 2.75) is 39.3 Å². The van der Waals surface area contributed by atoms with Crippen molar-refractivity contribution >= 4 is 5.91 Å². The fraction of sp³-hybridized carbons (Fsp3) is 0.500. The monoisotopic (exact) mass is 441 g/mol. The van der Waals surface area contributed by atoms with Gasteiger partial charge in [0.1, 0.15) is 5.82 Å². The second-order valence-corrected chi connectivity index (χ2v) is 9.94. The molecule has 1 saturated heterocycles. The molecule has 0 bridgehead atoms. The molecule has 1 heterocycles. The maximum Gasteiger partial charge on any atom is 0.234 e. The molecule has 2 atom stereocenters. The highest BCUT2D eigenvalue weighted by molar-refractivity contribution is 5.78. The van der Waals surface area contributed by atoms with Gasteiger partial charge in [-0.05, 0) is 35.1 Å². The van der Waals surface area contributed by atoms with Crippen molar-refractivity contribution in [3.8, 4) is 0 Å². The maximum absolute atomic E-state index is 13.4. The SMILES string of the molecule is CC(C)(C)CC(NC(=O)CN1CCN(CC(O)c2ccccc2)CC1)c1ccc(F)cc1. The summed E-state index contributed by atoms with van der Waals surface area (Å²) in [5, 5.41) is 13.6. The van der Waals surface area contributed by atoms with Gasteiger partial charge in [-0.3, -0.25) is 14.6 Å². The fourth-order valence-corrected chi connectivity index (χ4v) is 4.16. The third-order valence-corrected chi connectivity index (χ3v) is 5.87. The number of amides is 1. The number of carbonyl (C=O) groups is 1. The van der Waals surface area contributed by atoms with Crippen LogP contribution in [0, 0.1) is 11.2 Å². The van der Waals surface area contributed by atoms with Gasteiger partial charge >= 0.3 is 0 Å². The highest BCUT2D eigenvalue weighted by Crippen LogP contribution is 2.29. The van der Waals surface area contributed by atoms with E-state index in [1.807, 2.05) is 30.3 Å². The zero-order valence-electron chi connectivity index (χ0n) is 19.4. The molecule has 0 radical (unpaired) electrons. The second kappa shape index (κ2) is 11.0. The zero-order valence-corrected chi connectivity index (χ0v) is 19.4. The first-order valence-corrected chi connectivity index (χ1v) is 11.4. The zero-order chi connectivity index (χ0) is 23.1. The third-order valence-electron chi connectivity index (χ3n) is 5.87. The van der Waals surface area contributed by atoms with E-state index in [4.69, 9.17) is 0 Å². The normalized spacial score (nSPS) is 17.7. The topological polar surface area (TPSA) is 55.8 Å². The van der Waals surface area contributed by atoms with Gasteiger partial charge in [-0.2, -0.15) is 0 Å². The van der Waals surface area contributed by atoms with Gasteiger partial charge in [-0.1, -0.05) is 63.2 Å². The minimum atomic E-state index is -0.500. The van der Waals surface area contributed by atoms with Gasteiger partial charge < -0.3 is 10.4 Å². The number of hydrogen-bond acceptors (Lipinski definition) is 4. The van der Waals surface area contributed by atoms with Crippen molar-refractivity contribution in [3.63, 3.8) is 0 Å². The van der Waals surface area contributed by atoms with Crippen molar-refractivity contribution in [1.82, 2.24) is 15.1 Å². The Labute approximate surface area is 191 Å². The number of nitrogens with one attached hydrogen (secondary N) is 1. The van der Waals surface area contributed by atoms with Crippen molar-refractivity contribution in [1.29, 1.82) is 0 Å². The highest BCUT2D eigenvalue weighted by Gasteiger charge is 2.25. The van der Waals surface area contributed by atoms with E-state index in [9.17, 15) is 14.3 Å². The van der Waals surface area contributed by atoms with Gasteiger partial charge in [-0.15, -0.1) is 0 Å². The Hall–Kier alpha value is -2.28. The molecule has 5 nitrogen and oxygen atoms in total. The summed E-state index contributed by atoms with van der Waals surface area (Å²) in [5.41, 5.74) is 1.88. The first kappa shape index (κ1) is 24.4.